The molecule has 1 aliphatic heterocycles. The predicted molar refractivity (Wildman–Crippen MR) is 90.8 cm³/mol. The van der Waals surface area contributed by atoms with Gasteiger partial charge in [0.15, 0.2) is 0 Å². The molecule has 1 aromatic rings. The van der Waals surface area contributed by atoms with Crippen LogP contribution in [0, 0.1) is 0 Å². The third-order valence-corrected chi connectivity index (χ3v) is 4.76. The van der Waals surface area contributed by atoms with E-state index < -0.39 is 0 Å². The van der Waals surface area contributed by atoms with E-state index >= 15 is 0 Å². The monoisotopic (exact) mass is 307 g/mol. The van der Waals surface area contributed by atoms with Crippen molar-refractivity contribution >= 4 is 23.0 Å². The molecule has 1 aromatic heterocycles. The number of hydrogen-bond acceptors (Lipinski definition) is 5. The van der Waals surface area contributed by atoms with Crippen molar-refractivity contribution in [1.82, 2.24) is 14.9 Å². The van der Waals surface area contributed by atoms with E-state index in [0.717, 1.165) is 37.7 Å². The highest BCUT2D eigenvalue weighted by Gasteiger charge is 2.32. The first-order chi connectivity index (χ1) is 9.82. The van der Waals surface area contributed by atoms with Gasteiger partial charge in [-0.1, -0.05) is 26.1 Å². The molecular weight excluding hydrogens is 282 g/mol. The molecule has 2 N–H and O–H groups in total. The van der Waals surface area contributed by atoms with Crippen molar-refractivity contribution in [2.75, 3.05) is 31.1 Å². The smallest absolute Gasteiger partial charge is 0.132 e. The molecule has 2 rings (SSSR count). The average molecular weight is 307 g/mol. The highest BCUT2D eigenvalue weighted by molar-refractivity contribution is 7.80. The molecule has 1 fully saturated rings. The fourth-order valence-corrected chi connectivity index (χ4v) is 2.63. The van der Waals surface area contributed by atoms with E-state index in [1.165, 1.54) is 0 Å². The first-order valence-corrected chi connectivity index (χ1v) is 7.85. The summed E-state index contributed by atoms with van der Waals surface area (Å²) in [5.41, 5.74) is 6.72. The Morgan fingerprint density at radius 3 is 2.38 bits per heavy atom. The Morgan fingerprint density at radius 1 is 1.24 bits per heavy atom. The summed E-state index contributed by atoms with van der Waals surface area (Å²) in [7, 11) is 0. The van der Waals surface area contributed by atoms with E-state index in [-0.39, 0.29) is 5.54 Å². The average Bonchev–Trinajstić information content (AvgIpc) is 2.47. The Balaban J connectivity index is 2.04. The van der Waals surface area contributed by atoms with Crippen molar-refractivity contribution in [3.63, 3.8) is 0 Å². The Hall–Kier alpha value is -1.27. The molecule has 0 radical (unpaired) electrons. The van der Waals surface area contributed by atoms with E-state index in [9.17, 15) is 0 Å². The number of nitrogens with zero attached hydrogens (tertiary/aromatic N) is 4. The molecule has 1 aliphatic rings. The summed E-state index contributed by atoms with van der Waals surface area (Å²) in [6.45, 7) is 12.2. The molecule has 0 atom stereocenters. The number of hydrogen-bond donors (Lipinski definition) is 1. The largest absolute Gasteiger partial charge is 0.392 e. The SMILES string of the molecule is CC(C)c1cc(N2CCN(C(C)(C)C(N)=S)CC2)ncn1. The van der Waals surface area contributed by atoms with Gasteiger partial charge in [-0.3, -0.25) is 4.90 Å². The lowest BCUT2D eigenvalue weighted by Gasteiger charge is -2.43. The zero-order valence-electron chi connectivity index (χ0n) is 13.3. The number of piperazine rings is 1. The van der Waals surface area contributed by atoms with Crippen molar-refractivity contribution in [2.45, 2.75) is 39.2 Å². The van der Waals surface area contributed by atoms with Crippen LogP contribution >= 0.6 is 12.2 Å². The topological polar surface area (TPSA) is 58.3 Å². The molecule has 6 heteroatoms. The van der Waals surface area contributed by atoms with E-state index in [4.69, 9.17) is 18.0 Å². The minimum atomic E-state index is -0.226. The van der Waals surface area contributed by atoms with Crippen LogP contribution in [0.3, 0.4) is 0 Å². The molecule has 1 saturated heterocycles. The highest BCUT2D eigenvalue weighted by atomic mass is 32.1. The van der Waals surface area contributed by atoms with Gasteiger partial charge in [0.1, 0.15) is 12.1 Å². The molecule has 21 heavy (non-hydrogen) atoms. The molecule has 0 unspecified atom stereocenters. The van der Waals surface area contributed by atoms with E-state index in [2.05, 4.69) is 53.5 Å². The van der Waals surface area contributed by atoms with Crippen LogP contribution in [0.15, 0.2) is 12.4 Å². The van der Waals surface area contributed by atoms with Gasteiger partial charge >= 0.3 is 0 Å². The summed E-state index contributed by atoms with van der Waals surface area (Å²) in [5.74, 6) is 1.43. The number of aromatic nitrogens is 2. The fraction of sp³-hybridized carbons (Fsp3) is 0.667. The number of nitrogens with two attached hydrogens (primary N) is 1. The van der Waals surface area contributed by atoms with Crippen molar-refractivity contribution in [1.29, 1.82) is 0 Å². The Bertz CT molecular complexity index is 507. The molecule has 0 aliphatic carbocycles. The van der Waals surface area contributed by atoms with Crippen LogP contribution in [0.1, 0.15) is 39.3 Å². The van der Waals surface area contributed by atoms with E-state index in [0.29, 0.717) is 10.9 Å². The molecule has 5 nitrogen and oxygen atoms in total. The van der Waals surface area contributed by atoms with Crippen molar-refractivity contribution in [3.05, 3.63) is 18.1 Å². The first-order valence-electron chi connectivity index (χ1n) is 7.44. The molecule has 116 valence electrons. The summed E-state index contributed by atoms with van der Waals surface area (Å²) in [4.78, 5) is 13.9. The second-order valence-electron chi connectivity index (χ2n) is 6.35. The van der Waals surface area contributed by atoms with Gasteiger partial charge in [0.2, 0.25) is 0 Å². The maximum Gasteiger partial charge on any atom is 0.132 e. The Labute approximate surface area is 132 Å². The molecule has 0 bridgehead atoms. The van der Waals surface area contributed by atoms with Crippen LogP contribution in [0.4, 0.5) is 5.82 Å². The van der Waals surface area contributed by atoms with Crippen LogP contribution in [0.2, 0.25) is 0 Å². The molecule has 2 heterocycles. The van der Waals surface area contributed by atoms with Crippen LogP contribution in [0.5, 0.6) is 0 Å². The lowest BCUT2D eigenvalue weighted by atomic mass is 10.0. The second-order valence-corrected chi connectivity index (χ2v) is 6.79. The van der Waals surface area contributed by atoms with Crippen LogP contribution in [-0.4, -0.2) is 51.6 Å². The fourth-order valence-electron chi connectivity index (χ4n) is 2.50. The summed E-state index contributed by atoms with van der Waals surface area (Å²) in [6.07, 6.45) is 1.66. The normalized spacial score (nSPS) is 17.3. The van der Waals surface area contributed by atoms with Gasteiger partial charge < -0.3 is 10.6 Å². The summed E-state index contributed by atoms with van der Waals surface area (Å²) >= 11 is 5.18. The van der Waals surface area contributed by atoms with Crippen LogP contribution < -0.4 is 10.6 Å². The van der Waals surface area contributed by atoms with E-state index in [1.54, 1.807) is 6.33 Å². The lowest BCUT2D eigenvalue weighted by molar-refractivity contribution is 0.168. The zero-order valence-corrected chi connectivity index (χ0v) is 14.2. The quantitative estimate of drug-likeness (QED) is 0.856. The molecule has 0 aromatic carbocycles. The highest BCUT2D eigenvalue weighted by Crippen LogP contribution is 2.22. The molecule has 0 saturated carbocycles. The number of anilines is 1. The van der Waals surface area contributed by atoms with Gasteiger partial charge in [-0.15, -0.1) is 0 Å². The van der Waals surface area contributed by atoms with Gasteiger partial charge in [-0.25, -0.2) is 9.97 Å². The van der Waals surface area contributed by atoms with Crippen molar-refractivity contribution in [3.8, 4) is 0 Å². The van der Waals surface area contributed by atoms with Crippen molar-refractivity contribution in [2.24, 2.45) is 5.73 Å². The number of rotatable bonds is 4. The maximum absolute atomic E-state index is 5.86. The Kier molecular flexibility index (Phi) is 4.78. The third kappa shape index (κ3) is 3.49. The van der Waals surface area contributed by atoms with Crippen molar-refractivity contribution < 1.29 is 0 Å². The van der Waals surface area contributed by atoms with Gasteiger partial charge in [0, 0.05) is 37.9 Å². The van der Waals surface area contributed by atoms with Gasteiger partial charge in [-0.2, -0.15) is 0 Å². The first kappa shape index (κ1) is 16.1. The summed E-state index contributed by atoms with van der Waals surface area (Å²) in [5, 5.41) is 0. The van der Waals surface area contributed by atoms with E-state index in [1.807, 2.05) is 0 Å². The van der Waals surface area contributed by atoms with Gasteiger partial charge in [0.25, 0.3) is 0 Å². The van der Waals surface area contributed by atoms with Gasteiger partial charge in [-0.05, 0) is 19.8 Å². The zero-order chi connectivity index (χ0) is 15.6. The number of thiocarbonyl (C=S) groups is 1. The molecule has 0 amide bonds. The summed E-state index contributed by atoms with van der Waals surface area (Å²) in [6, 6.07) is 2.10. The second kappa shape index (κ2) is 6.23. The molecular formula is C15H25N5S. The third-order valence-electron chi connectivity index (χ3n) is 4.26. The lowest BCUT2D eigenvalue weighted by Crippen LogP contribution is -2.59. The van der Waals surface area contributed by atoms with Gasteiger partial charge in [0.05, 0.1) is 10.5 Å². The van der Waals surface area contributed by atoms with Crippen LogP contribution in [-0.2, 0) is 0 Å². The minimum Gasteiger partial charge on any atom is -0.392 e. The minimum absolute atomic E-state index is 0.226. The molecule has 0 spiro atoms. The van der Waals surface area contributed by atoms with Crippen LogP contribution in [0.25, 0.3) is 0 Å². The standard InChI is InChI=1S/C15H25N5S/c1-11(2)12-9-13(18-10-17-12)19-5-7-20(8-6-19)15(3,4)14(16)21/h9-11H,5-8H2,1-4H3,(H2,16,21). The Morgan fingerprint density at radius 2 is 1.86 bits per heavy atom. The maximum atomic E-state index is 5.86. The summed E-state index contributed by atoms with van der Waals surface area (Å²) < 4.78 is 0. The predicted octanol–water partition coefficient (Wildman–Crippen LogP) is 1.79.